The van der Waals surface area contributed by atoms with E-state index in [4.69, 9.17) is 0 Å². The van der Waals surface area contributed by atoms with E-state index in [0.717, 1.165) is 5.92 Å². The second-order valence-electron chi connectivity index (χ2n) is 3.64. The van der Waals surface area contributed by atoms with Gasteiger partial charge in [-0.25, -0.2) is 4.58 Å². The molecule has 0 radical (unpaired) electrons. The van der Waals surface area contributed by atoms with Crippen LogP contribution in [0.15, 0.2) is 0 Å². The summed E-state index contributed by atoms with van der Waals surface area (Å²) >= 11 is 0. The third kappa shape index (κ3) is 1.83. The minimum absolute atomic E-state index is 0.962. The molecule has 10 heavy (non-hydrogen) atoms. The molecule has 0 amide bonds. The van der Waals surface area contributed by atoms with Crippen LogP contribution in [-0.4, -0.2) is 24.4 Å². The molecule has 0 N–H and O–H groups in total. The highest BCUT2D eigenvalue weighted by Crippen LogP contribution is 2.20. The summed E-state index contributed by atoms with van der Waals surface area (Å²) in [5.41, 5.74) is 1.64. The van der Waals surface area contributed by atoms with Crippen LogP contribution in [0, 0.1) is 5.92 Å². The predicted octanol–water partition coefficient (Wildman–Crippen LogP) is 1.91. The van der Waals surface area contributed by atoms with Crippen molar-refractivity contribution in [3.63, 3.8) is 0 Å². The van der Waals surface area contributed by atoms with Gasteiger partial charge in [-0.1, -0.05) is 6.92 Å². The molecule has 0 aromatic rings. The second kappa shape index (κ2) is 3.18. The van der Waals surface area contributed by atoms with Crippen LogP contribution in [0.4, 0.5) is 0 Å². The molecule has 1 fully saturated rings. The van der Waals surface area contributed by atoms with Crippen molar-refractivity contribution in [2.45, 2.75) is 32.6 Å². The molecule has 1 aliphatic rings. The quantitative estimate of drug-likeness (QED) is 0.452. The zero-order chi connectivity index (χ0) is 7.56. The largest absolute Gasteiger partial charge is 0.242 e. The Morgan fingerprint density at radius 2 is 1.70 bits per heavy atom. The van der Waals surface area contributed by atoms with E-state index in [0.29, 0.717) is 0 Å². The summed E-state index contributed by atoms with van der Waals surface area (Å²) in [6, 6.07) is 0. The average Bonchev–Trinajstić information content (AvgIpc) is 1.88. The lowest BCUT2D eigenvalue weighted by molar-refractivity contribution is -0.467. The first kappa shape index (κ1) is 7.77. The number of hydrogen-bond acceptors (Lipinski definition) is 0. The van der Waals surface area contributed by atoms with Crippen molar-refractivity contribution in [1.29, 1.82) is 0 Å². The first-order valence-corrected chi connectivity index (χ1v) is 4.22. The van der Waals surface area contributed by atoms with Crippen LogP contribution in [0.3, 0.4) is 0 Å². The van der Waals surface area contributed by atoms with E-state index in [9.17, 15) is 0 Å². The van der Waals surface area contributed by atoms with E-state index >= 15 is 0 Å². The van der Waals surface area contributed by atoms with Crippen LogP contribution < -0.4 is 0 Å². The minimum atomic E-state index is 0.962. The molecule has 0 aromatic heterocycles. The lowest BCUT2D eigenvalue weighted by Crippen LogP contribution is -2.19. The van der Waals surface area contributed by atoms with Crippen molar-refractivity contribution in [3.8, 4) is 0 Å². The van der Waals surface area contributed by atoms with Crippen molar-refractivity contribution >= 4 is 5.71 Å². The molecule has 1 nitrogen and oxygen atoms in total. The van der Waals surface area contributed by atoms with Gasteiger partial charge < -0.3 is 0 Å². The van der Waals surface area contributed by atoms with E-state index in [2.05, 4.69) is 25.6 Å². The van der Waals surface area contributed by atoms with Gasteiger partial charge in [0.05, 0.1) is 0 Å². The minimum Gasteiger partial charge on any atom is -0.242 e. The van der Waals surface area contributed by atoms with Crippen LogP contribution in [0.5, 0.6) is 0 Å². The van der Waals surface area contributed by atoms with Gasteiger partial charge in [0.25, 0.3) is 0 Å². The van der Waals surface area contributed by atoms with Crippen LogP contribution in [0.1, 0.15) is 32.6 Å². The fourth-order valence-electron chi connectivity index (χ4n) is 1.54. The fourth-order valence-corrected chi connectivity index (χ4v) is 1.54. The van der Waals surface area contributed by atoms with Gasteiger partial charge in [-0.15, -0.1) is 0 Å². The second-order valence-corrected chi connectivity index (χ2v) is 3.64. The predicted molar refractivity (Wildman–Crippen MR) is 44.7 cm³/mol. The fraction of sp³-hybridized carbons (Fsp3) is 0.889. The molecule has 1 heteroatoms. The Hall–Kier alpha value is -0.330. The van der Waals surface area contributed by atoms with Crippen LogP contribution in [0.2, 0.25) is 0 Å². The van der Waals surface area contributed by atoms with Crippen molar-refractivity contribution in [2.24, 2.45) is 5.92 Å². The molecule has 0 aliphatic heterocycles. The molecule has 0 bridgehead atoms. The molecule has 0 aromatic carbocycles. The van der Waals surface area contributed by atoms with Crippen LogP contribution in [0.25, 0.3) is 0 Å². The monoisotopic (exact) mass is 140 g/mol. The molecule has 0 heterocycles. The average molecular weight is 140 g/mol. The molecule has 58 valence electrons. The Morgan fingerprint density at radius 3 is 2.10 bits per heavy atom. The Kier molecular flexibility index (Phi) is 2.47. The van der Waals surface area contributed by atoms with E-state index in [1.807, 2.05) is 0 Å². The van der Waals surface area contributed by atoms with Crippen molar-refractivity contribution < 1.29 is 4.58 Å². The summed E-state index contributed by atoms with van der Waals surface area (Å²) in [7, 11) is 4.32. The lowest BCUT2D eigenvalue weighted by atomic mass is 9.89. The topological polar surface area (TPSA) is 3.01 Å². The first-order chi connectivity index (χ1) is 4.70. The maximum Gasteiger partial charge on any atom is 0.151 e. The summed E-state index contributed by atoms with van der Waals surface area (Å²) in [6.45, 7) is 2.35. The van der Waals surface area contributed by atoms with Crippen molar-refractivity contribution in [1.82, 2.24) is 0 Å². The molecule has 0 saturated heterocycles. The summed E-state index contributed by atoms with van der Waals surface area (Å²) in [4.78, 5) is 0. The maximum absolute atomic E-state index is 2.35. The van der Waals surface area contributed by atoms with Gasteiger partial charge in [0, 0.05) is 12.8 Å². The van der Waals surface area contributed by atoms with Crippen molar-refractivity contribution in [3.05, 3.63) is 0 Å². The van der Waals surface area contributed by atoms with Gasteiger partial charge in [0.1, 0.15) is 14.1 Å². The van der Waals surface area contributed by atoms with E-state index in [1.165, 1.54) is 25.7 Å². The summed E-state index contributed by atoms with van der Waals surface area (Å²) in [6.07, 6.45) is 5.45. The smallest absolute Gasteiger partial charge is 0.151 e. The zero-order valence-electron chi connectivity index (χ0n) is 7.35. The van der Waals surface area contributed by atoms with Gasteiger partial charge >= 0.3 is 0 Å². The summed E-state index contributed by atoms with van der Waals surface area (Å²) in [5, 5.41) is 0. The van der Waals surface area contributed by atoms with Gasteiger partial charge in [-0.2, -0.15) is 0 Å². The molecule has 1 aliphatic carbocycles. The Morgan fingerprint density at radius 1 is 1.20 bits per heavy atom. The number of rotatable bonds is 0. The molecular weight excluding hydrogens is 122 g/mol. The highest BCUT2D eigenvalue weighted by Gasteiger charge is 2.17. The van der Waals surface area contributed by atoms with Gasteiger partial charge in [-0.3, -0.25) is 0 Å². The zero-order valence-corrected chi connectivity index (χ0v) is 7.35. The Balaban J connectivity index is 2.48. The van der Waals surface area contributed by atoms with Crippen LogP contribution >= 0.6 is 0 Å². The summed E-state index contributed by atoms with van der Waals surface area (Å²) < 4.78 is 2.28. The summed E-state index contributed by atoms with van der Waals surface area (Å²) in [5.74, 6) is 0.962. The normalized spacial score (nSPS) is 26.7. The number of hydrogen-bond donors (Lipinski definition) is 0. The van der Waals surface area contributed by atoms with Gasteiger partial charge in [0.2, 0.25) is 0 Å². The Bertz CT molecular complexity index is 133. The lowest BCUT2D eigenvalue weighted by Gasteiger charge is -2.16. The molecule has 0 spiro atoms. The highest BCUT2D eigenvalue weighted by molar-refractivity contribution is 5.80. The van der Waals surface area contributed by atoms with E-state index < -0.39 is 0 Å². The van der Waals surface area contributed by atoms with E-state index in [1.54, 1.807) is 5.71 Å². The van der Waals surface area contributed by atoms with Gasteiger partial charge in [0.15, 0.2) is 5.71 Å². The molecule has 1 saturated carbocycles. The first-order valence-electron chi connectivity index (χ1n) is 4.22. The molecule has 0 atom stereocenters. The maximum atomic E-state index is 2.35. The number of nitrogens with zero attached hydrogens (tertiary/aromatic N) is 1. The standard InChI is InChI=1S/C9H18N/c1-8-4-6-9(7-5-8)10(2)3/h8H,4-7H2,1-3H3/q+1. The Labute approximate surface area is 63.8 Å². The highest BCUT2D eigenvalue weighted by atomic mass is 14.9. The SMILES string of the molecule is CC1CCC(=[N+](C)C)CC1. The van der Waals surface area contributed by atoms with Crippen LogP contribution in [-0.2, 0) is 0 Å². The molecule has 0 unspecified atom stereocenters. The van der Waals surface area contributed by atoms with E-state index in [-0.39, 0.29) is 0 Å². The molecule has 1 rings (SSSR count). The van der Waals surface area contributed by atoms with Gasteiger partial charge in [-0.05, 0) is 18.8 Å². The van der Waals surface area contributed by atoms with Crippen molar-refractivity contribution in [2.75, 3.05) is 14.1 Å². The third-order valence-electron chi connectivity index (χ3n) is 2.48. The molecular formula is C9H18N+. The third-order valence-corrected chi connectivity index (χ3v) is 2.48.